The molecule has 1 aliphatic carbocycles. The fourth-order valence-corrected chi connectivity index (χ4v) is 5.68. The zero-order chi connectivity index (χ0) is 22.7. The Balaban J connectivity index is 1.44. The third-order valence-electron chi connectivity index (χ3n) is 6.58. The highest BCUT2D eigenvalue weighted by molar-refractivity contribution is 7.19. The highest BCUT2D eigenvalue weighted by Crippen LogP contribution is 2.48. The Hall–Kier alpha value is -3.19. The molecule has 1 amide bonds. The third-order valence-corrected chi connectivity index (χ3v) is 7.96. The largest absolute Gasteiger partial charge is 0.506 e. The summed E-state index contributed by atoms with van der Waals surface area (Å²) in [6, 6.07) is 17.2. The van der Waals surface area contributed by atoms with Crippen molar-refractivity contribution in [2.24, 2.45) is 0 Å². The number of carbonyl (C=O) groups excluding carboxylic acids is 1. The number of pyridine rings is 1. The standard InChI is InChI=1S/C26H19ClN2O3S/c27-19-12-20-18(11-17(19)14-3-5-16(6-4-14)26(13-30)7-8-26)22(24(32)29-20)23(31)21-10-15-2-1-9-28-25(15)33-21/h1-6,9-12,30-31H,7-8,13H2,(H,29,32)/b23-22+. The fourth-order valence-electron chi connectivity index (χ4n) is 4.45. The summed E-state index contributed by atoms with van der Waals surface area (Å²) in [7, 11) is 0. The summed E-state index contributed by atoms with van der Waals surface area (Å²) in [6.07, 6.45) is 3.70. The summed E-state index contributed by atoms with van der Waals surface area (Å²) >= 11 is 7.92. The monoisotopic (exact) mass is 474 g/mol. The van der Waals surface area contributed by atoms with E-state index in [2.05, 4.69) is 10.3 Å². The van der Waals surface area contributed by atoms with E-state index in [4.69, 9.17) is 11.6 Å². The minimum atomic E-state index is -0.366. The molecule has 3 N–H and O–H groups in total. The van der Waals surface area contributed by atoms with Gasteiger partial charge < -0.3 is 15.5 Å². The van der Waals surface area contributed by atoms with Gasteiger partial charge >= 0.3 is 0 Å². The summed E-state index contributed by atoms with van der Waals surface area (Å²) in [6.45, 7) is 0.153. The molecule has 2 aliphatic rings. The Kier molecular flexibility index (Phi) is 4.59. The topological polar surface area (TPSA) is 82.5 Å². The molecule has 4 aromatic rings. The van der Waals surface area contributed by atoms with Crippen molar-refractivity contribution in [3.63, 3.8) is 0 Å². The van der Waals surface area contributed by atoms with E-state index in [1.54, 1.807) is 12.3 Å². The number of aliphatic hydroxyl groups is 2. The molecule has 1 fully saturated rings. The van der Waals surface area contributed by atoms with Crippen molar-refractivity contribution >= 4 is 56.1 Å². The van der Waals surface area contributed by atoms with Gasteiger partial charge in [0.15, 0.2) is 0 Å². The molecule has 3 heterocycles. The van der Waals surface area contributed by atoms with Crippen molar-refractivity contribution in [1.29, 1.82) is 0 Å². The molecule has 0 radical (unpaired) electrons. The van der Waals surface area contributed by atoms with E-state index >= 15 is 0 Å². The van der Waals surface area contributed by atoms with Gasteiger partial charge in [0.05, 0.1) is 27.8 Å². The van der Waals surface area contributed by atoms with E-state index in [0.29, 0.717) is 21.2 Å². The minimum Gasteiger partial charge on any atom is -0.506 e. The molecule has 164 valence electrons. The number of nitrogens with one attached hydrogen (secondary N) is 1. The van der Waals surface area contributed by atoms with Gasteiger partial charge in [-0.25, -0.2) is 4.98 Å². The maximum atomic E-state index is 12.8. The zero-order valence-corrected chi connectivity index (χ0v) is 19.0. The Morgan fingerprint density at radius 1 is 1.12 bits per heavy atom. The average molecular weight is 475 g/mol. The highest BCUT2D eigenvalue weighted by Gasteiger charge is 2.43. The molecule has 1 saturated carbocycles. The number of benzene rings is 2. The normalized spacial score (nSPS) is 17.7. The van der Waals surface area contributed by atoms with Gasteiger partial charge in [0.2, 0.25) is 0 Å². The lowest BCUT2D eigenvalue weighted by Gasteiger charge is -2.14. The van der Waals surface area contributed by atoms with Gasteiger partial charge in [0.1, 0.15) is 10.6 Å². The molecule has 0 unspecified atom stereocenters. The van der Waals surface area contributed by atoms with Crippen LogP contribution in [0.5, 0.6) is 0 Å². The van der Waals surface area contributed by atoms with E-state index in [1.807, 2.05) is 48.5 Å². The summed E-state index contributed by atoms with van der Waals surface area (Å²) in [5.41, 5.74) is 4.11. The summed E-state index contributed by atoms with van der Waals surface area (Å²) < 4.78 is 0. The van der Waals surface area contributed by atoms with Crippen LogP contribution in [-0.4, -0.2) is 27.7 Å². The SMILES string of the molecule is O=C1Nc2cc(Cl)c(-c3ccc(C4(CO)CC4)cc3)cc2/C1=C(\O)c1cc2cccnc2s1. The van der Waals surface area contributed by atoms with Gasteiger partial charge in [0, 0.05) is 28.1 Å². The number of thiophene rings is 1. The lowest BCUT2D eigenvalue weighted by atomic mass is 9.93. The van der Waals surface area contributed by atoms with Crippen LogP contribution in [-0.2, 0) is 10.2 Å². The lowest BCUT2D eigenvalue weighted by Crippen LogP contribution is -2.11. The number of amides is 1. The Morgan fingerprint density at radius 2 is 1.91 bits per heavy atom. The van der Waals surface area contributed by atoms with E-state index < -0.39 is 0 Å². The van der Waals surface area contributed by atoms with Gasteiger partial charge in [0.25, 0.3) is 5.91 Å². The quantitative estimate of drug-likeness (QED) is 0.249. The Bertz CT molecular complexity index is 1440. The smallest absolute Gasteiger partial charge is 0.260 e. The molecule has 2 aromatic heterocycles. The number of hydrogen-bond acceptors (Lipinski definition) is 5. The number of rotatable bonds is 4. The van der Waals surface area contributed by atoms with Crippen molar-refractivity contribution in [1.82, 2.24) is 4.98 Å². The van der Waals surface area contributed by atoms with E-state index in [-0.39, 0.29) is 29.3 Å². The molecule has 2 aromatic carbocycles. The second kappa shape index (κ2) is 7.42. The molecule has 0 spiro atoms. The molecule has 33 heavy (non-hydrogen) atoms. The highest BCUT2D eigenvalue weighted by atomic mass is 35.5. The summed E-state index contributed by atoms with van der Waals surface area (Å²) in [4.78, 5) is 18.5. The molecular formula is C26H19ClN2O3S. The van der Waals surface area contributed by atoms with Crippen molar-refractivity contribution in [3.8, 4) is 11.1 Å². The number of carbonyl (C=O) groups is 1. The van der Waals surface area contributed by atoms with Gasteiger partial charge in [-0.3, -0.25) is 4.79 Å². The Morgan fingerprint density at radius 3 is 2.61 bits per heavy atom. The van der Waals surface area contributed by atoms with Crippen LogP contribution < -0.4 is 5.32 Å². The number of nitrogens with zero attached hydrogens (tertiary/aromatic N) is 1. The zero-order valence-electron chi connectivity index (χ0n) is 17.4. The van der Waals surface area contributed by atoms with Crippen LogP contribution >= 0.6 is 22.9 Å². The Labute approximate surface area is 199 Å². The van der Waals surface area contributed by atoms with Crippen molar-refractivity contribution < 1.29 is 15.0 Å². The maximum Gasteiger partial charge on any atom is 0.260 e. The first-order chi connectivity index (χ1) is 16.0. The second-order valence-corrected chi connectivity index (χ2v) is 10.0. The molecule has 6 rings (SSSR count). The average Bonchev–Trinajstić information content (AvgIpc) is 3.40. The predicted octanol–water partition coefficient (Wildman–Crippen LogP) is 6.02. The van der Waals surface area contributed by atoms with Crippen LogP contribution in [0.1, 0.15) is 28.8 Å². The van der Waals surface area contributed by atoms with Crippen LogP contribution in [0, 0.1) is 0 Å². The van der Waals surface area contributed by atoms with Crippen LogP contribution in [0.2, 0.25) is 5.02 Å². The van der Waals surface area contributed by atoms with Gasteiger partial charge in [-0.2, -0.15) is 0 Å². The molecule has 5 nitrogen and oxygen atoms in total. The van der Waals surface area contributed by atoms with Crippen molar-refractivity contribution in [2.75, 3.05) is 11.9 Å². The number of aromatic nitrogens is 1. The number of hydrogen-bond donors (Lipinski definition) is 3. The fraction of sp³-hybridized carbons (Fsp3) is 0.154. The minimum absolute atomic E-state index is 0.0727. The molecule has 1 aliphatic heterocycles. The van der Waals surface area contributed by atoms with E-state index in [9.17, 15) is 15.0 Å². The van der Waals surface area contributed by atoms with E-state index in [1.165, 1.54) is 11.3 Å². The second-order valence-electron chi connectivity index (χ2n) is 8.58. The van der Waals surface area contributed by atoms with Crippen molar-refractivity contribution in [2.45, 2.75) is 18.3 Å². The van der Waals surface area contributed by atoms with Crippen molar-refractivity contribution in [3.05, 3.63) is 81.8 Å². The number of halogens is 1. The van der Waals surface area contributed by atoms with E-state index in [0.717, 1.165) is 39.7 Å². The van der Waals surface area contributed by atoms with Crippen LogP contribution in [0.3, 0.4) is 0 Å². The van der Waals surface area contributed by atoms with Gasteiger partial charge in [-0.1, -0.05) is 41.9 Å². The van der Waals surface area contributed by atoms with Crippen LogP contribution in [0.4, 0.5) is 5.69 Å². The summed E-state index contributed by atoms with van der Waals surface area (Å²) in [5.74, 6) is -0.438. The molecule has 7 heteroatoms. The van der Waals surface area contributed by atoms with Crippen LogP contribution in [0.15, 0.2) is 60.8 Å². The summed E-state index contributed by atoms with van der Waals surface area (Å²) in [5, 5.41) is 25.0. The maximum absolute atomic E-state index is 12.8. The molecule has 0 bridgehead atoms. The first-order valence-corrected chi connectivity index (χ1v) is 11.8. The number of fused-ring (bicyclic) bond motifs is 2. The number of aliphatic hydroxyl groups excluding tert-OH is 2. The van der Waals surface area contributed by atoms with Crippen LogP contribution in [0.25, 0.3) is 32.7 Å². The third kappa shape index (κ3) is 3.25. The number of anilines is 1. The molecule has 0 atom stereocenters. The molecular weight excluding hydrogens is 456 g/mol. The first-order valence-electron chi connectivity index (χ1n) is 10.6. The van der Waals surface area contributed by atoms with Gasteiger partial charge in [-0.15, -0.1) is 11.3 Å². The molecule has 0 saturated heterocycles. The lowest BCUT2D eigenvalue weighted by molar-refractivity contribution is -0.110. The van der Waals surface area contributed by atoms with Gasteiger partial charge in [-0.05, 0) is 48.2 Å². The first kappa shape index (κ1) is 20.4. The predicted molar refractivity (Wildman–Crippen MR) is 133 cm³/mol.